The van der Waals surface area contributed by atoms with Gasteiger partial charge in [0.2, 0.25) is 11.8 Å². The molecular weight excluding hydrogens is 691 g/mol. The summed E-state index contributed by atoms with van der Waals surface area (Å²) in [5.41, 5.74) is -1.75. The van der Waals surface area contributed by atoms with Crippen LogP contribution in [0.4, 0.5) is 14.6 Å². The molecule has 1 saturated carbocycles. The molecule has 8 rings (SSSR count). The molecule has 2 aliphatic heterocycles. The molecule has 0 spiro atoms. The van der Waals surface area contributed by atoms with E-state index < -0.39 is 17.2 Å². The summed E-state index contributed by atoms with van der Waals surface area (Å²) in [5, 5.41) is 20.0. The zero-order valence-corrected chi connectivity index (χ0v) is 29.6. The van der Waals surface area contributed by atoms with Gasteiger partial charge in [0.25, 0.3) is 0 Å². The van der Waals surface area contributed by atoms with Gasteiger partial charge in [-0.3, -0.25) is 19.4 Å². The van der Waals surface area contributed by atoms with Crippen LogP contribution >= 0.6 is 11.5 Å². The van der Waals surface area contributed by atoms with Crippen molar-refractivity contribution < 1.29 is 23.5 Å². The Morgan fingerprint density at radius 1 is 0.827 bits per heavy atom. The van der Waals surface area contributed by atoms with Crippen molar-refractivity contribution in [3.63, 3.8) is 0 Å². The highest BCUT2D eigenvalue weighted by atomic mass is 32.1. The number of carbonyl (C=O) groups is 2. The number of carbonyl (C=O) groups excluding carboxylic acids is 2. The van der Waals surface area contributed by atoms with Crippen LogP contribution in [0, 0.1) is 23.5 Å². The van der Waals surface area contributed by atoms with Crippen LogP contribution in [0.1, 0.15) is 44.1 Å². The molecule has 1 N–H and O–H groups in total. The van der Waals surface area contributed by atoms with Crippen LogP contribution in [0.25, 0.3) is 10.1 Å². The number of benzene rings is 2. The van der Waals surface area contributed by atoms with Crippen molar-refractivity contribution in [2.45, 2.75) is 57.2 Å². The lowest BCUT2D eigenvalue weighted by atomic mass is 9.81. The largest absolute Gasteiger partial charge is 0.381 e. The van der Waals surface area contributed by atoms with Gasteiger partial charge in [0.15, 0.2) is 0 Å². The van der Waals surface area contributed by atoms with Gasteiger partial charge in [-0.15, -0.1) is 0 Å². The molecular formula is C36H42F2N10O3S. The second-order valence-corrected chi connectivity index (χ2v) is 14.5. The topological polar surface area (TPSA) is 138 Å². The number of nitrogens with zero attached hydrogens (tertiary/aromatic N) is 10. The first-order chi connectivity index (χ1) is 25.3. The average Bonchev–Trinajstić information content (AvgIpc) is 3.97. The van der Waals surface area contributed by atoms with Crippen LogP contribution < -0.4 is 4.90 Å². The van der Waals surface area contributed by atoms with E-state index in [-0.39, 0.29) is 42.3 Å². The molecule has 0 bridgehead atoms. The van der Waals surface area contributed by atoms with Crippen molar-refractivity contribution >= 4 is 39.3 Å². The van der Waals surface area contributed by atoms with Gasteiger partial charge in [-0.2, -0.15) is 14.6 Å². The van der Waals surface area contributed by atoms with Crippen molar-refractivity contribution in [3.05, 3.63) is 85.0 Å². The Balaban J connectivity index is 0.000000170. The van der Waals surface area contributed by atoms with Crippen molar-refractivity contribution in [2.24, 2.45) is 11.8 Å². The summed E-state index contributed by atoms with van der Waals surface area (Å²) in [5.74, 6) is -0.250. The standard InChI is InChI=1S/C23H30N4O2S.C13H12F2N6O/c28-22-17-7-1-2-8-18(17)23(29)27(22)12-6-5-11-25-13-15-26(16-14-25)21-19-9-3-4-10-20(19)30-24-21;14-10-1-2-11(12(15)3-10)13(22,4-20-8-16-6-18-20)5-21-9-17-7-19-21/h3-4,9-10,17-18H,1-2,5-8,11-16H2;1-3,6-9,22H,4-5H2/t17-,18+;. The summed E-state index contributed by atoms with van der Waals surface area (Å²) in [6.45, 7) is 5.57. The molecule has 2 atom stereocenters. The number of imide groups is 1. The Kier molecular flexibility index (Phi) is 10.9. The first-order valence-corrected chi connectivity index (χ1v) is 18.6. The number of anilines is 1. The normalized spacial score (nSPS) is 19.6. The molecule has 3 fully saturated rings. The van der Waals surface area contributed by atoms with Gasteiger partial charge < -0.3 is 10.0 Å². The van der Waals surface area contributed by atoms with Crippen molar-refractivity contribution in [1.82, 2.24) is 43.7 Å². The molecule has 0 radical (unpaired) electrons. The van der Waals surface area contributed by atoms with Gasteiger partial charge in [0.1, 0.15) is 48.4 Å². The number of aliphatic hydroxyl groups is 1. The van der Waals surface area contributed by atoms with E-state index in [2.05, 4.69) is 58.6 Å². The Labute approximate surface area is 304 Å². The Hall–Kier alpha value is -4.67. The van der Waals surface area contributed by atoms with Crippen LogP contribution in [-0.2, 0) is 28.3 Å². The molecule has 3 aliphatic rings. The number of aromatic nitrogens is 7. The third-order valence-electron chi connectivity index (χ3n) is 10.3. The minimum Gasteiger partial charge on any atom is -0.381 e. The summed E-state index contributed by atoms with van der Waals surface area (Å²) < 4.78 is 35.9. The van der Waals surface area contributed by atoms with E-state index in [1.54, 1.807) is 16.4 Å². The average molecular weight is 733 g/mol. The van der Waals surface area contributed by atoms with Crippen molar-refractivity contribution in [1.29, 1.82) is 0 Å². The summed E-state index contributed by atoms with van der Waals surface area (Å²) in [7, 11) is 0. The SMILES string of the molecule is O=C1[C@H]2CCCC[C@H]2C(=O)N1CCCCN1CCN(c2nsc3ccccc23)CC1.OC(Cn1cncn1)(Cn1cncn1)c1ccc(F)cc1F. The van der Waals surface area contributed by atoms with Crippen LogP contribution in [0.15, 0.2) is 67.8 Å². The van der Waals surface area contributed by atoms with Gasteiger partial charge in [-0.25, -0.2) is 28.1 Å². The number of hydrogen-bond acceptors (Lipinski definition) is 11. The number of fused-ring (bicyclic) bond motifs is 2. The van der Waals surface area contributed by atoms with E-state index in [1.165, 1.54) is 50.8 Å². The zero-order chi connectivity index (χ0) is 36.1. The minimum atomic E-state index is -1.70. The first-order valence-electron chi connectivity index (χ1n) is 17.8. The van der Waals surface area contributed by atoms with Crippen LogP contribution in [0.3, 0.4) is 0 Å². The molecule has 2 aromatic carbocycles. The third-order valence-corrected chi connectivity index (χ3v) is 11.1. The van der Waals surface area contributed by atoms with E-state index in [1.807, 2.05) is 0 Å². The second kappa shape index (κ2) is 15.9. The molecule has 3 aromatic heterocycles. The van der Waals surface area contributed by atoms with Crippen LogP contribution in [0.2, 0.25) is 0 Å². The Bertz CT molecular complexity index is 1890. The lowest BCUT2D eigenvalue weighted by Gasteiger charge is -2.35. The van der Waals surface area contributed by atoms with E-state index in [0.717, 1.165) is 89.2 Å². The molecule has 5 aromatic rings. The molecule has 13 nitrogen and oxygen atoms in total. The maximum Gasteiger partial charge on any atom is 0.233 e. The summed E-state index contributed by atoms with van der Waals surface area (Å²) in [6, 6.07) is 11.5. The highest BCUT2D eigenvalue weighted by Crippen LogP contribution is 2.38. The molecule has 5 heterocycles. The van der Waals surface area contributed by atoms with E-state index >= 15 is 0 Å². The van der Waals surface area contributed by atoms with Gasteiger partial charge in [0, 0.05) is 49.7 Å². The smallest absolute Gasteiger partial charge is 0.233 e. The number of hydrogen-bond donors (Lipinski definition) is 1. The maximum absolute atomic E-state index is 14.1. The summed E-state index contributed by atoms with van der Waals surface area (Å²) >= 11 is 1.58. The summed E-state index contributed by atoms with van der Waals surface area (Å²) in [6.07, 6.45) is 11.3. The van der Waals surface area contributed by atoms with E-state index in [0.29, 0.717) is 6.54 Å². The predicted octanol–water partition coefficient (Wildman–Crippen LogP) is 4.11. The number of halogens is 2. The molecule has 16 heteroatoms. The van der Waals surface area contributed by atoms with Gasteiger partial charge in [-0.1, -0.05) is 31.0 Å². The highest BCUT2D eigenvalue weighted by Gasteiger charge is 2.47. The molecule has 274 valence electrons. The highest BCUT2D eigenvalue weighted by molar-refractivity contribution is 7.13. The third kappa shape index (κ3) is 7.88. The number of amides is 2. The maximum atomic E-state index is 14.1. The fraction of sp³-hybridized carbons (Fsp3) is 0.472. The monoisotopic (exact) mass is 732 g/mol. The lowest BCUT2D eigenvalue weighted by molar-refractivity contribution is -0.140. The molecule has 2 saturated heterocycles. The van der Waals surface area contributed by atoms with Gasteiger partial charge in [0.05, 0.1) is 29.6 Å². The summed E-state index contributed by atoms with van der Waals surface area (Å²) in [4.78, 5) is 39.2. The fourth-order valence-corrected chi connectivity index (χ4v) is 8.39. The predicted molar refractivity (Wildman–Crippen MR) is 190 cm³/mol. The lowest BCUT2D eigenvalue weighted by Crippen LogP contribution is -2.46. The quantitative estimate of drug-likeness (QED) is 0.156. The second-order valence-electron chi connectivity index (χ2n) is 13.7. The molecule has 2 amide bonds. The fourth-order valence-electron chi connectivity index (χ4n) is 7.59. The number of piperazine rings is 1. The van der Waals surface area contributed by atoms with Crippen molar-refractivity contribution in [3.8, 4) is 0 Å². The number of unbranched alkanes of at least 4 members (excludes halogenated alkanes) is 1. The number of rotatable bonds is 11. The van der Waals surface area contributed by atoms with Gasteiger partial charge in [-0.05, 0) is 62.0 Å². The Morgan fingerprint density at radius 2 is 1.46 bits per heavy atom. The van der Waals surface area contributed by atoms with Crippen LogP contribution in [0.5, 0.6) is 0 Å². The van der Waals surface area contributed by atoms with Crippen LogP contribution in [-0.4, -0.2) is 99.9 Å². The van der Waals surface area contributed by atoms with Crippen molar-refractivity contribution in [2.75, 3.05) is 44.2 Å². The van der Waals surface area contributed by atoms with E-state index in [9.17, 15) is 23.5 Å². The first kappa shape index (κ1) is 35.7. The number of likely N-dealkylation sites (tertiary alicyclic amines) is 1. The minimum absolute atomic E-state index is 0.0128. The molecule has 52 heavy (non-hydrogen) atoms. The molecule has 0 unspecified atom stereocenters. The zero-order valence-electron chi connectivity index (χ0n) is 28.8. The Morgan fingerprint density at radius 3 is 2.08 bits per heavy atom. The molecule has 1 aliphatic carbocycles. The van der Waals surface area contributed by atoms with Gasteiger partial charge >= 0.3 is 0 Å². The van der Waals surface area contributed by atoms with E-state index in [4.69, 9.17) is 0 Å².